The highest BCUT2D eigenvalue weighted by atomic mass is 16.7. The first-order valence-electron chi connectivity index (χ1n) is 9.03. The van der Waals surface area contributed by atoms with Gasteiger partial charge in [0.1, 0.15) is 0 Å². The van der Waals surface area contributed by atoms with Gasteiger partial charge < -0.3 is 19.7 Å². The van der Waals surface area contributed by atoms with Crippen molar-refractivity contribution in [2.45, 2.75) is 83.5 Å². The van der Waals surface area contributed by atoms with Crippen LogP contribution in [-0.2, 0) is 9.47 Å². The van der Waals surface area contributed by atoms with Gasteiger partial charge in [0.2, 0.25) is 0 Å². The van der Waals surface area contributed by atoms with Crippen LogP contribution in [0.25, 0.3) is 0 Å². The van der Waals surface area contributed by atoms with E-state index in [1.807, 2.05) is 0 Å². The molecular weight excluding hydrogens is 312 g/mol. The Labute approximate surface area is 144 Å². The van der Waals surface area contributed by atoms with Crippen LogP contribution in [0.1, 0.15) is 83.5 Å². The van der Waals surface area contributed by atoms with Crippen LogP contribution >= 0.6 is 0 Å². The average Bonchev–Trinajstić information content (AvgIpc) is 2.53. The van der Waals surface area contributed by atoms with Crippen molar-refractivity contribution in [2.75, 3.05) is 6.61 Å². The van der Waals surface area contributed by atoms with E-state index in [9.17, 15) is 9.59 Å². The second-order valence-electron chi connectivity index (χ2n) is 5.90. The van der Waals surface area contributed by atoms with Gasteiger partial charge in [0, 0.05) is 0 Å². The van der Waals surface area contributed by atoms with Crippen molar-refractivity contribution >= 4 is 12.3 Å². The molecule has 0 aromatic rings. The van der Waals surface area contributed by atoms with Gasteiger partial charge in [-0.25, -0.2) is 9.59 Å². The first-order chi connectivity index (χ1) is 11.6. The van der Waals surface area contributed by atoms with Gasteiger partial charge in [0.05, 0.1) is 12.9 Å². The summed E-state index contributed by atoms with van der Waals surface area (Å²) in [5.41, 5.74) is 0. The van der Waals surface area contributed by atoms with E-state index in [1.165, 1.54) is 57.6 Å². The SMILES string of the molecule is O=C(O)O/C=C/CCCCCCCCCCCCCCOC(=O)O. The molecule has 0 fully saturated rings. The second-order valence-corrected chi connectivity index (χ2v) is 5.90. The van der Waals surface area contributed by atoms with Crippen molar-refractivity contribution in [3.05, 3.63) is 12.3 Å². The Bertz CT molecular complexity index is 340. The minimum Gasteiger partial charge on any atom is -0.450 e. The van der Waals surface area contributed by atoms with Gasteiger partial charge in [-0.05, 0) is 25.3 Å². The molecule has 0 aromatic carbocycles. The smallest absolute Gasteiger partial charge is 0.450 e. The third kappa shape index (κ3) is 20.3. The minimum atomic E-state index is -1.27. The number of carbonyl (C=O) groups is 2. The van der Waals surface area contributed by atoms with Crippen LogP contribution in [0.3, 0.4) is 0 Å². The molecular formula is C18H32O6. The molecule has 0 rings (SSSR count). The summed E-state index contributed by atoms with van der Waals surface area (Å²) in [4.78, 5) is 20.2. The molecule has 0 aliphatic carbocycles. The Balaban J connectivity index is 3.06. The number of unbranched alkanes of at least 4 members (excludes halogenated alkanes) is 12. The highest BCUT2D eigenvalue weighted by Gasteiger charge is 1.96. The number of hydrogen-bond donors (Lipinski definition) is 2. The largest absolute Gasteiger partial charge is 0.510 e. The number of allylic oxidation sites excluding steroid dienone is 1. The van der Waals surface area contributed by atoms with E-state index in [0.717, 1.165) is 32.1 Å². The van der Waals surface area contributed by atoms with Crippen molar-refractivity contribution in [3.63, 3.8) is 0 Å². The fourth-order valence-electron chi connectivity index (χ4n) is 2.47. The Morgan fingerprint density at radius 3 is 1.58 bits per heavy atom. The molecule has 24 heavy (non-hydrogen) atoms. The molecule has 0 saturated heterocycles. The molecule has 6 nitrogen and oxygen atoms in total. The van der Waals surface area contributed by atoms with Crippen molar-refractivity contribution in [3.8, 4) is 0 Å². The average molecular weight is 344 g/mol. The maximum absolute atomic E-state index is 10.1. The molecule has 0 radical (unpaired) electrons. The summed E-state index contributed by atoms with van der Waals surface area (Å²) in [6.07, 6.45) is 15.5. The molecule has 0 aliphatic rings. The quantitative estimate of drug-likeness (QED) is 0.204. The van der Waals surface area contributed by atoms with Crippen LogP contribution in [0.15, 0.2) is 12.3 Å². The van der Waals surface area contributed by atoms with E-state index in [2.05, 4.69) is 9.47 Å². The van der Waals surface area contributed by atoms with Gasteiger partial charge in [-0.1, -0.05) is 64.2 Å². The first kappa shape index (κ1) is 22.3. The second kappa shape index (κ2) is 17.6. The van der Waals surface area contributed by atoms with Gasteiger partial charge in [-0.3, -0.25) is 0 Å². The molecule has 2 N–H and O–H groups in total. The number of ether oxygens (including phenoxy) is 2. The van der Waals surface area contributed by atoms with E-state index in [1.54, 1.807) is 6.08 Å². The molecule has 0 spiro atoms. The van der Waals surface area contributed by atoms with Gasteiger partial charge in [-0.2, -0.15) is 0 Å². The molecule has 0 atom stereocenters. The first-order valence-corrected chi connectivity index (χ1v) is 9.03. The summed E-state index contributed by atoms with van der Waals surface area (Å²) in [6.45, 7) is 0.317. The lowest BCUT2D eigenvalue weighted by Gasteiger charge is -2.03. The Kier molecular flexibility index (Phi) is 16.4. The lowest BCUT2D eigenvalue weighted by atomic mass is 10.0. The highest BCUT2D eigenvalue weighted by Crippen LogP contribution is 2.12. The lowest BCUT2D eigenvalue weighted by molar-refractivity contribution is 0.0899. The van der Waals surface area contributed by atoms with E-state index < -0.39 is 12.3 Å². The van der Waals surface area contributed by atoms with E-state index in [0.29, 0.717) is 6.61 Å². The number of hydrogen-bond acceptors (Lipinski definition) is 4. The summed E-state index contributed by atoms with van der Waals surface area (Å²) in [5.74, 6) is 0. The third-order valence-corrected chi connectivity index (χ3v) is 3.76. The van der Waals surface area contributed by atoms with Crippen LogP contribution < -0.4 is 0 Å². The number of carboxylic acid groups (broad SMARTS) is 2. The predicted octanol–water partition coefficient (Wildman–Crippen LogP) is 5.96. The summed E-state index contributed by atoms with van der Waals surface area (Å²) in [5, 5.41) is 16.6. The van der Waals surface area contributed by atoms with Crippen molar-refractivity contribution in [1.82, 2.24) is 0 Å². The summed E-state index contributed by atoms with van der Waals surface area (Å²) in [6, 6.07) is 0. The van der Waals surface area contributed by atoms with Gasteiger partial charge in [0.25, 0.3) is 0 Å². The monoisotopic (exact) mass is 344 g/mol. The van der Waals surface area contributed by atoms with Crippen LogP contribution in [-0.4, -0.2) is 29.1 Å². The Morgan fingerprint density at radius 2 is 1.12 bits per heavy atom. The maximum atomic E-state index is 10.1. The summed E-state index contributed by atoms with van der Waals surface area (Å²) < 4.78 is 8.73. The summed E-state index contributed by atoms with van der Waals surface area (Å²) >= 11 is 0. The van der Waals surface area contributed by atoms with Crippen molar-refractivity contribution < 1.29 is 29.3 Å². The van der Waals surface area contributed by atoms with Crippen LogP contribution in [0.4, 0.5) is 9.59 Å². The van der Waals surface area contributed by atoms with Crippen LogP contribution in [0, 0.1) is 0 Å². The van der Waals surface area contributed by atoms with Crippen molar-refractivity contribution in [1.29, 1.82) is 0 Å². The lowest BCUT2D eigenvalue weighted by Crippen LogP contribution is -2.01. The zero-order valence-electron chi connectivity index (χ0n) is 14.6. The van der Waals surface area contributed by atoms with Crippen LogP contribution in [0.5, 0.6) is 0 Å². The topological polar surface area (TPSA) is 93.1 Å². The van der Waals surface area contributed by atoms with Gasteiger partial charge in [0.15, 0.2) is 0 Å². The fraction of sp³-hybridized carbons (Fsp3) is 0.778. The molecule has 0 saturated carbocycles. The van der Waals surface area contributed by atoms with Crippen LogP contribution in [0.2, 0.25) is 0 Å². The standard InChI is InChI=1S/C18H32O6/c19-17(20)23-15-13-11-9-7-5-3-1-2-4-6-8-10-12-14-16-24-18(21)22/h13,15H,1-12,14,16H2,(H,19,20)(H,21,22)/b15-13+. The molecule has 140 valence electrons. The molecule has 0 unspecified atom stereocenters. The minimum absolute atomic E-state index is 0.317. The molecule has 6 heteroatoms. The molecule has 0 heterocycles. The zero-order chi connectivity index (χ0) is 17.9. The fourth-order valence-corrected chi connectivity index (χ4v) is 2.47. The van der Waals surface area contributed by atoms with Gasteiger partial charge in [-0.15, -0.1) is 0 Å². The Morgan fingerprint density at radius 1 is 0.667 bits per heavy atom. The van der Waals surface area contributed by atoms with E-state index >= 15 is 0 Å². The third-order valence-electron chi connectivity index (χ3n) is 3.76. The van der Waals surface area contributed by atoms with E-state index in [4.69, 9.17) is 10.2 Å². The van der Waals surface area contributed by atoms with Crippen molar-refractivity contribution in [2.24, 2.45) is 0 Å². The number of rotatable bonds is 16. The van der Waals surface area contributed by atoms with Gasteiger partial charge >= 0.3 is 12.3 Å². The molecule has 0 bridgehead atoms. The molecule has 0 aliphatic heterocycles. The maximum Gasteiger partial charge on any atom is 0.510 e. The molecule has 0 amide bonds. The summed E-state index contributed by atoms with van der Waals surface area (Å²) in [7, 11) is 0. The van der Waals surface area contributed by atoms with E-state index in [-0.39, 0.29) is 0 Å². The highest BCUT2D eigenvalue weighted by molar-refractivity contribution is 5.57. The predicted molar refractivity (Wildman–Crippen MR) is 92.2 cm³/mol. The Hall–Kier alpha value is -1.72. The normalized spacial score (nSPS) is 10.8. The zero-order valence-corrected chi connectivity index (χ0v) is 14.6. The molecule has 0 aromatic heterocycles.